The number of hydrogen-bond donors (Lipinski definition) is 0. The summed E-state index contributed by atoms with van der Waals surface area (Å²) in [7, 11) is 8.40. The molecule has 2 aromatic heterocycles. The SMILES string of the molecule is CN(C)CC[C@@H](Oc1cccc2ccccc12)c1cccs1.CN(C)CC[C@@H](Oc1cccc2ccccc12)c1cccs1. The number of thiophene rings is 2. The monoisotopic (exact) mass is 622 g/mol. The van der Waals surface area contributed by atoms with Crippen LogP contribution in [0.4, 0.5) is 0 Å². The molecule has 4 aromatic carbocycles. The minimum Gasteiger partial charge on any atom is -0.484 e. The Hall–Kier alpha value is -3.68. The van der Waals surface area contributed by atoms with E-state index in [1.54, 1.807) is 22.7 Å². The molecule has 44 heavy (non-hydrogen) atoms. The summed E-state index contributed by atoms with van der Waals surface area (Å²) < 4.78 is 12.8. The fourth-order valence-corrected chi connectivity index (χ4v) is 6.70. The van der Waals surface area contributed by atoms with E-state index in [0.717, 1.165) is 37.4 Å². The molecule has 0 saturated heterocycles. The molecule has 228 valence electrons. The van der Waals surface area contributed by atoms with Gasteiger partial charge in [-0.1, -0.05) is 84.9 Å². The van der Waals surface area contributed by atoms with Crippen LogP contribution in [0.2, 0.25) is 0 Å². The van der Waals surface area contributed by atoms with Crippen molar-refractivity contribution in [2.45, 2.75) is 25.0 Å². The fourth-order valence-electron chi connectivity index (χ4n) is 5.12. The second kappa shape index (κ2) is 15.9. The van der Waals surface area contributed by atoms with Gasteiger partial charge in [-0.2, -0.15) is 0 Å². The Morgan fingerprint density at radius 3 is 1.30 bits per heavy atom. The highest BCUT2D eigenvalue weighted by atomic mass is 32.1. The fraction of sp³-hybridized carbons (Fsp3) is 0.263. The van der Waals surface area contributed by atoms with Crippen LogP contribution in [0, 0.1) is 0 Å². The normalized spacial score (nSPS) is 12.7. The van der Waals surface area contributed by atoms with Gasteiger partial charge in [-0.25, -0.2) is 0 Å². The lowest BCUT2D eigenvalue weighted by molar-refractivity contribution is 0.185. The van der Waals surface area contributed by atoms with Crippen LogP contribution in [0.5, 0.6) is 11.5 Å². The van der Waals surface area contributed by atoms with Crippen LogP contribution < -0.4 is 9.47 Å². The Balaban J connectivity index is 0.000000175. The lowest BCUT2D eigenvalue weighted by Gasteiger charge is -2.21. The number of hydrogen-bond acceptors (Lipinski definition) is 6. The van der Waals surface area contributed by atoms with Crippen LogP contribution in [0.25, 0.3) is 21.5 Å². The lowest BCUT2D eigenvalue weighted by atomic mass is 10.1. The quantitative estimate of drug-likeness (QED) is 0.136. The second-order valence-corrected chi connectivity index (χ2v) is 13.3. The smallest absolute Gasteiger partial charge is 0.134 e. The maximum Gasteiger partial charge on any atom is 0.134 e. The largest absolute Gasteiger partial charge is 0.484 e. The molecule has 0 spiro atoms. The van der Waals surface area contributed by atoms with Crippen molar-refractivity contribution in [3.05, 3.63) is 130 Å². The first-order chi connectivity index (χ1) is 21.5. The molecule has 0 N–H and O–H groups in total. The molecule has 2 atom stereocenters. The summed E-state index contributed by atoms with van der Waals surface area (Å²) in [4.78, 5) is 6.98. The molecule has 0 bridgehead atoms. The Morgan fingerprint density at radius 1 is 0.500 bits per heavy atom. The van der Waals surface area contributed by atoms with Gasteiger partial charge in [-0.3, -0.25) is 0 Å². The Labute approximate surface area is 270 Å². The summed E-state index contributed by atoms with van der Waals surface area (Å²) in [6.45, 7) is 2.01. The highest BCUT2D eigenvalue weighted by molar-refractivity contribution is 7.10. The molecule has 0 saturated carbocycles. The van der Waals surface area contributed by atoms with E-state index in [2.05, 4.69) is 158 Å². The standard InChI is InChI=1S/2C19H21NOS/c2*1-20(2)13-12-18(19-11-6-14-22-19)21-17-10-5-8-15-7-3-4-9-16(15)17/h2*3-11,14,18H,12-13H2,1-2H3/t2*18-/m11/s1. The minimum atomic E-state index is 0.105. The van der Waals surface area contributed by atoms with Gasteiger partial charge in [0.15, 0.2) is 0 Å². The van der Waals surface area contributed by atoms with Crippen LogP contribution >= 0.6 is 22.7 Å². The summed E-state index contributed by atoms with van der Waals surface area (Å²) in [6.07, 6.45) is 2.18. The molecule has 4 nitrogen and oxygen atoms in total. The highest BCUT2D eigenvalue weighted by Gasteiger charge is 2.17. The topological polar surface area (TPSA) is 24.9 Å². The lowest BCUT2D eigenvalue weighted by Crippen LogP contribution is -2.18. The van der Waals surface area contributed by atoms with Crippen molar-refractivity contribution in [3.63, 3.8) is 0 Å². The van der Waals surface area contributed by atoms with E-state index in [-0.39, 0.29) is 12.2 Å². The van der Waals surface area contributed by atoms with Crippen LogP contribution in [-0.2, 0) is 0 Å². The van der Waals surface area contributed by atoms with E-state index in [1.807, 2.05) is 0 Å². The van der Waals surface area contributed by atoms with E-state index in [0.29, 0.717) is 0 Å². The average Bonchev–Trinajstić information content (AvgIpc) is 3.77. The van der Waals surface area contributed by atoms with Crippen molar-refractivity contribution in [1.29, 1.82) is 0 Å². The second-order valence-electron chi connectivity index (χ2n) is 11.4. The van der Waals surface area contributed by atoms with Crippen LogP contribution in [0.1, 0.15) is 34.8 Å². The molecular formula is C38H42N2O2S2. The molecule has 0 unspecified atom stereocenters. The minimum absolute atomic E-state index is 0.105. The van der Waals surface area contributed by atoms with Crippen LogP contribution in [0.3, 0.4) is 0 Å². The Kier molecular flexibility index (Phi) is 11.4. The number of nitrogens with zero attached hydrogens (tertiary/aromatic N) is 2. The highest BCUT2D eigenvalue weighted by Crippen LogP contribution is 2.34. The molecule has 6 aromatic rings. The number of benzene rings is 4. The predicted molar refractivity (Wildman–Crippen MR) is 190 cm³/mol. The third kappa shape index (κ3) is 8.70. The zero-order chi connectivity index (χ0) is 30.7. The Morgan fingerprint density at radius 2 is 0.909 bits per heavy atom. The Bertz CT molecular complexity index is 1560. The third-order valence-corrected chi connectivity index (χ3v) is 9.36. The summed E-state index contributed by atoms with van der Waals surface area (Å²) >= 11 is 3.53. The maximum absolute atomic E-state index is 6.41. The van der Waals surface area contributed by atoms with Crippen molar-refractivity contribution in [2.75, 3.05) is 41.3 Å². The first-order valence-corrected chi connectivity index (χ1v) is 16.9. The van der Waals surface area contributed by atoms with Gasteiger partial charge in [-0.05, 0) is 74.0 Å². The zero-order valence-corrected chi connectivity index (χ0v) is 27.7. The summed E-state index contributed by atoms with van der Waals surface area (Å²) in [5.74, 6) is 1.94. The molecule has 6 heteroatoms. The molecule has 0 amide bonds. The molecule has 0 fully saturated rings. The first kappa shape index (κ1) is 31.7. The van der Waals surface area contributed by atoms with E-state index >= 15 is 0 Å². The zero-order valence-electron chi connectivity index (χ0n) is 26.1. The molecule has 0 aliphatic heterocycles. The number of ether oxygens (including phenoxy) is 2. The van der Waals surface area contributed by atoms with Crippen molar-refractivity contribution in [3.8, 4) is 11.5 Å². The van der Waals surface area contributed by atoms with Gasteiger partial charge in [0, 0.05) is 46.5 Å². The molecule has 6 rings (SSSR count). The van der Waals surface area contributed by atoms with Crippen molar-refractivity contribution < 1.29 is 9.47 Å². The van der Waals surface area contributed by atoms with Crippen molar-refractivity contribution in [1.82, 2.24) is 9.80 Å². The number of fused-ring (bicyclic) bond motifs is 2. The van der Waals surface area contributed by atoms with E-state index in [1.165, 1.54) is 31.3 Å². The van der Waals surface area contributed by atoms with Gasteiger partial charge in [0.1, 0.15) is 23.7 Å². The third-order valence-electron chi connectivity index (χ3n) is 7.44. The van der Waals surface area contributed by atoms with E-state index in [4.69, 9.17) is 9.47 Å². The first-order valence-electron chi connectivity index (χ1n) is 15.1. The van der Waals surface area contributed by atoms with Gasteiger partial charge < -0.3 is 19.3 Å². The van der Waals surface area contributed by atoms with Crippen molar-refractivity contribution in [2.24, 2.45) is 0 Å². The van der Waals surface area contributed by atoms with E-state index < -0.39 is 0 Å². The average molecular weight is 623 g/mol. The summed E-state index contributed by atoms with van der Waals surface area (Å²) in [6, 6.07) is 37.8. The van der Waals surface area contributed by atoms with Crippen molar-refractivity contribution >= 4 is 44.2 Å². The van der Waals surface area contributed by atoms with Gasteiger partial charge in [-0.15, -0.1) is 22.7 Å². The predicted octanol–water partition coefficient (Wildman–Crippen LogP) is 9.95. The van der Waals surface area contributed by atoms with Gasteiger partial charge in [0.25, 0.3) is 0 Å². The molecule has 0 aliphatic carbocycles. The van der Waals surface area contributed by atoms with Gasteiger partial charge in [0.2, 0.25) is 0 Å². The maximum atomic E-state index is 6.41. The van der Waals surface area contributed by atoms with Gasteiger partial charge >= 0.3 is 0 Å². The van der Waals surface area contributed by atoms with Crippen LogP contribution in [-0.4, -0.2) is 51.1 Å². The molecule has 2 heterocycles. The summed E-state index contributed by atoms with van der Waals surface area (Å²) in [5, 5.41) is 9.03. The van der Waals surface area contributed by atoms with E-state index in [9.17, 15) is 0 Å². The molecular weight excluding hydrogens is 581 g/mol. The van der Waals surface area contributed by atoms with Crippen LogP contribution in [0.15, 0.2) is 120 Å². The molecule has 0 aliphatic rings. The molecule has 0 radical (unpaired) electrons. The summed E-state index contributed by atoms with van der Waals surface area (Å²) in [5.41, 5.74) is 0. The number of rotatable bonds is 12. The van der Waals surface area contributed by atoms with Gasteiger partial charge in [0.05, 0.1) is 0 Å².